The third-order valence-electron chi connectivity index (χ3n) is 2.83. The molecule has 0 spiro atoms. The van der Waals surface area contributed by atoms with Gasteiger partial charge >= 0.3 is 0 Å². The Hall–Kier alpha value is -0.340. The first-order valence-electron chi connectivity index (χ1n) is 5.27. The molecule has 13 heavy (non-hydrogen) atoms. The van der Waals surface area contributed by atoms with E-state index in [1.165, 1.54) is 32.2 Å². The third-order valence-corrected chi connectivity index (χ3v) is 2.83. The van der Waals surface area contributed by atoms with Crippen LogP contribution in [-0.4, -0.2) is 31.1 Å². The molecule has 0 saturated heterocycles. The summed E-state index contributed by atoms with van der Waals surface area (Å²) in [6.07, 6.45) is 7.06. The second-order valence-electron chi connectivity index (χ2n) is 4.30. The molecule has 2 atom stereocenters. The van der Waals surface area contributed by atoms with Gasteiger partial charge in [-0.3, -0.25) is 0 Å². The Bertz CT molecular complexity index is 156. The smallest absolute Gasteiger partial charge is 0.0157 e. The molecule has 0 aliphatic heterocycles. The van der Waals surface area contributed by atoms with Crippen molar-refractivity contribution in [3.05, 3.63) is 12.7 Å². The van der Waals surface area contributed by atoms with Crippen molar-refractivity contribution in [3.63, 3.8) is 0 Å². The maximum Gasteiger partial charge on any atom is 0.0157 e. The molecule has 0 aromatic heterocycles. The van der Waals surface area contributed by atoms with Gasteiger partial charge < -0.3 is 10.6 Å². The fourth-order valence-electron chi connectivity index (χ4n) is 2.23. The molecule has 2 nitrogen and oxygen atoms in total. The van der Waals surface area contributed by atoms with Crippen LogP contribution in [0.25, 0.3) is 0 Å². The molecular formula is C11H22N2. The minimum atomic E-state index is 0.455. The lowest BCUT2D eigenvalue weighted by molar-refractivity contribution is 0.234. The Morgan fingerprint density at radius 1 is 1.54 bits per heavy atom. The van der Waals surface area contributed by atoms with E-state index in [1.807, 2.05) is 6.08 Å². The van der Waals surface area contributed by atoms with E-state index in [1.54, 1.807) is 0 Å². The first-order valence-corrected chi connectivity index (χ1v) is 5.27. The lowest BCUT2D eigenvalue weighted by Crippen LogP contribution is -2.34. The molecule has 1 aliphatic carbocycles. The zero-order valence-electron chi connectivity index (χ0n) is 8.71. The predicted octanol–water partition coefficient (Wildman–Crippen LogP) is 1.62. The van der Waals surface area contributed by atoms with E-state index in [4.69, 9.17) is 5.73 Å². The van der Waals surface area contributed by atoms with Crippen molar-refractivity contribution < 1.29 is 0 Å². The van der Waals surface area contributed by atoms with Crippen LogP contribution in [0.15, 0.2) is 12.7 Å². The fourth-order valence-corrected chi connectivity index (χ4v) is 2.23. The Morgan fingerprint density at radius 2 is 2.31 bits per heavy atom. The first kappa shape index (κ1) is 10.7. The largest absolute Gasteiger partial charge is 0.328 e. The van der Waals surface area contributed by atoms with Crippen LogP contribution in [0.4, 0.5) is 0 Å². The van der Waals surface area contributed by atoms with E-state index in [-0.39, 0.29) is 0 Å². The number of rotatable bonds is 4. The molecule has 2 heteroatoms. The Kier molecular flexibility index (Phi) is 4.46. The number of nitrogens with two attached hydrogens (primary N) is 1. The molecule has 0 aromatic carbocycles. The van der Waals surface area contributed by atoms with E-state index in [2.05, 4.69) is 18.5 Å². The maximum absolute atomic E-state index is 5.94. The first-order chi connectivity index (χ1) is 6.22. The van der Waals surface area contributed by atoms with E-state index in [0.717, 1.165) is 12.5 Å². The van der Waals surface area contributed by atoms with Crippen molar-refractivity contribution in [1.29, 1.82) is 0 Å². The molecule has 2 N–H and O–H groups in total. The highest BCUT2D eigenvalue weighted by atomic mass is 15.1. The van der Waals surface area contributed by atoms with Gasteiger partial charge in [-0.25, -0.2) is 0 Å². The lowest BCUT2D eigenvalue weighted by atomic mass is 9.86. The van der Waals surface area contributed by atoms with Crippen molar-refractivity contribution in [3.8, 4) is 0 Å². The molecule has 1 saturated carbocycles. The van der Waals surface area contributed by atoms with Gasteiger partial charge in [-0.1, -0.05) is 12.5 Å². The number of hydrogen-bond acceptors (Lipinski definition) is 2. The van der Waals surface area contributed by atoms with Crippen LogP contribution in [0.2, 0.25) is 0 Å². The normalized spacial score (nSPS) is 29.2. The highest BCUT2D eigenvalue weighted by Gasteiger charge is 2.19. The van der Waals surface area contributed by atoms with Gasteiger partial charge in [-0.15, -0.1) is 6.58 Å². The molecule has 1 fully saturated rings. The number of likely N-dealkylation sites (N-methyl/N-ethyl adjacent to an activating group) is 1. The Morgan fingerprint density at radius 3 is 2.92 bits per heavy atom. The minimum Gasteiger partial charge on any atom is -0.328 e. The quantitative estimate of drug-likeness (QED) is 0.669. The molecule has 1 aliphatic rings. The predicted molar refractivity (Wildman–Crippen MR) is 57.6 cm³/mol. The standard InChI is InChI=1S/C11H22N2/c1-3-7-13(2)9-10-5-4-6-11(12)8-10/h3,10-11H,1,4-9,12H2,2H3. The van der Waals surface area contributed by atoms with Gasteiger partial charge in [-0.05, 0) is 32.2 Å². The van der Waals surface area contributed by atoms with Crippen LogP contribution >= 0.6 is 0 Å². The zero-order chi connectivity index (χ0) is 9.68. The van der Waals surface area contributed by atoms with Crippen molar-refractivity contribution >= 4 is 0 Å². The topological polar surface area (TPSA) is 29.3 Å². The van der Waals surface area contributed by atoms with Crippen LogP contribution < -0.4 is 5.73 Å². The molecule has 0 amide bonds. The summed E-state index contributed by atoms with van der Waals surface area (Å²) in [6, 6.07) is 0.455. The van der Waals surface area contributed by atoms with Crippen molar-refractivity contribution in [2.75, 3.05) is 20.1 Å². The monoisotopic (exact) mass is 182 g/mol. The third kappa shape index (κ3) is 3.92. The van der Waals surface area contributed by atoms with Gasteiger partial charge in [0.15, 0.2) is 0 Å². The van der Waals surface area contributed by atoms with Crippen molar-refractivity contribution in [2.45, 2.75) is 31.7 Å². The Balaban J connectivity index is 2.22. The summed E-state index contributed by atoms with van der Waals surface area (Å²) in [7, 11) is 2.15. The average molecular weight is 182 g/mol. The van der Waals surface area contributed by atoms with Gasteiger partial charge in [-0.2, -0.15) is 0 Å². The summed E-state index contributed by atoms with van der Waals surface area (Å²) in [5.41, 5.74) is 5.94. The van der Waals surface area contributed by atoms with E-state index < -0.39 is 0 Å². The fraction of sp³-hybridized carbons (Fsp3) is 0.818. The second kappa shape index (κ2) is 5.40. The molecular weight excluding hydrogens is 160 g/mol. The summed E-state index contributed by atoms with van der Waals surface area (Å²) >= 11 is 0. The van der Waals surface area contributed by atoms with Gasteiger partial charge in [0, 0.05) is 19.1 Å². The van der Waals surface area contributed by atoms with E-state index >= 15 is 0 Å². The summed E-state index contributed by atoms with van der Waals surface area (Å²) in [6.45, 7) is 5.91. The zero-order valence-corrected chi connectivity index (χ0v) is 8.71. The van der Waals surface area contributed by atoms with Crippen LogP contribution in [0.1, 0.15) is 25.7 Å². The van der Waals surface area contributed by atoms with E-state index in [0.29, 0.717) is 6.04 Å². The molecule has 0 heterocycles. The molecule has 0 radical (unpaired) electrons. The molecule has 2 unspecified atom stereocenters. The van der Waals surface area contributed by atoms with Gasteiger partial charge in [0.1, 0.15) is 0 Å². The number of nitrogens with zero attached hydrogens (tertiary/aromatic N) is 1. The van der Waals surface area contributed by atoms with Crippen LogP contribution in [0.3, 0.4) is 0 Å². The maximum atomic E-state index is 5.94. The Labute approximate surface area is 81.8 Å². The summed E-state index contributed by atoms with van der Waals surface area (Å²) in [5.74, 6) is 0.814. The second-order valence-corrected chi connectivity index (χ2v) is 4.30. The van der Waals surface area contributed by atoms with E-state index in [9.17, 15) is 0 Å². The summed E-state index contributed by atoms with van der Waals surface area (Å²) in [4.78, 5) is 2.33. The van der Waals surface area contributed by atoms with Crippen LogP contribution in [-0.2, 0) is 0 Å². The molecule has 76 valence electrons. The van der Waals surface area contributed by atoms with Crippen LogP contribution in [0.5, 0.6) is 0 Å². The lowest BCUT2D eigenvalue weighted by Gasteiger charge is -2.29. The summed E-state index contributed by atoms with van der Waals surface area (Å²) < 4.78 is 0. The average Bonchev–Trinajstić information content (AvgIpc) is 2.04. The number of hydrogen-bond donors (Lipinski definition) is 1. The summed E-state index contributed by atoms with van der Waals surface area (Å²) in [5, 5.41) is 0. The van der Waals surface area contributed by atoms with Gasteiger partial charge in [0.05, 0.1) is 0 Å². The molecule has 0 bridgehead atoms. The minimum absolute atomic E-state index is 0.455. The van der Waals surface area contributed by atoms with Crippen molar-refractivity contribution in [2.24, 2.45) is 11.7 Å². The SMILES string of the molecule is C=CCN(C)CC1CCCC(N)C1. The highest BCUT2D eigenvalue weighted by Crippen LogP contribution is 2.23. The molecule has 1 rings (SSSR count). The van der Waals surface area contributed by atoms with Gasteiger partial charge in [0.25, 0.3) is 0 Å². The highest BCUT2D eigenvalue weighted by molar-refractivity contribution is 4.79. The van der Waals surface area contributed by atoms with Gasteiger partial charge in [0.2, 0.25) is 0 Å². The van der Waals surface area contributed by atoms with Crippen molar-refractivity contribution in [1.82, 2.24) is 4.90 Å². The molecule has 0 aromatic rings. The van der Waals surface area contributed by atoms with Crippen LogP contribution in [0, 0.1) is 5.92 Å².